The van der Waals surface area contributed by atoms with Crippen molar-refractivity contribution in [2.24, 2.45) is 0 Å². The van der Waals surface area contributed by atoms with Gasteiger partial charge in [-0.3, -0.25) is 0 Å². The van der Waals surface area contributed by atoms with Crippen LogP contribution in [0.3, 0.4) is 0 Å². The molecule has 66 valence electrons. The van der Waals surface area contributed by atoms with E-state index in [9.17, 15) is 8.78 Å². The summed E-state index contributed by atoms with van der Waals surface area (Å²) in [5.74, 6) is -1.25. The average molecular weight is 181 g/mol. The van der Waals surface area contributed by atoms with Crippen molar-refractivity contribution in [2.75, 3.05) is 0 Å². The van der Waals surface area contributed by atoms with Crippen molar-refractivity contribution in [1.29, 1.82) is 0 Å². The van der Waals surface area contributed by atoms with Crippen LogP contribution in [0, 0.1) is 11.6 Å². The minimum Gasteiger partial charge on any atom is -0.451 e. The molecule has 0 spiro atoms. The van der Waals surface area contributed by atoms with Gasteiger partial charge in [0.15, 0.2) is 6.39 Å². The molecule has 1 aromatic heterocycles. The molecule has 2 aromatic rings. The predicted octanol–water partition coefficient (Wildman–Crippen LogP) is 2.62. The zero-order valence-corrected chi connectivity index (χ0v) is 6.50. The lowest BCUT2D eigenvalue weighted by Gasteiger charge is -1.97. The molecule has 0 saturated heterocycles. The van der Waals surface area contributed by atoms with Gasteiger partial charge < -0.3 is 4.42 Å². The summed E-state index contributed by atoms with van der Waals surface area (Å²) in [6, 6.07) is 3.31. The quantitative estimate of drug-likeness (QED) is 0.675. The number of nitrogens with zero attached hydrogens (tertiary/aromatic N) is 1. The fourth-order valence-corrected chi connectivity index (χ4v) is 1.04. The lowest BCUT2D eigenvalue weighted by molar-refractivity contribution is 0.557. The molecule has 13 heavy (non-hydrogen) atoms. The lowest BCUT2D eigenvalue weighted by Crippen LogP contribution is -1.85. The topological polar surface area (TPSA) is 26.0 Å². The first-order valence-electron chi connectivity index (χ1n) is 3.61. The van der Waals surface area contributed by atoms with Gasteiger partial charge in [0.2, 0.25) is 0 Å². The molecule has 0 fully saturated rings. The molecule has 0 radical (unpaired) electrons. The van der Waals surface area contributed by atoms with Crippen molar-refractivity contribution < 1.29 is 13.2 Å². The Morgan fingerprint density at radius 1 is 1.23 bits per heavy atom. The van der Waals surface area contributed by atoms with Crippen LogP contribution in [0.1, 0.15) is 0 Å². The second kappa shape index (κ2) is 2.97. The van der Waals surface area contributed by atoms with E-state index in [0.29, 0.717) is 5.69 Å². The fraction of sp³-hybridized carbons (Fsp3) is 0. The van der Waals surface area contributed by atoms with Crippen molar-refractivity contribution in [1.82, 2.24) is 4.98 Å². The van der Waals surface area contributed by atoms with Crippen molar-refractivity contribution in [3.05, 3.63) is 42.5 Å². The molecule has 2 rings (SSSR count). The van der Waals surface area contributed by atoms with Crippen molar-refractivity contribution >= 4 is 0 Å². The summed E-state index contributed by atoms with van der Waals surface area (Å²) in [4.78, 5) is 3.75. The van der Waals surface area contributed by atoms with E-state index in [1.54, 1.807) is 0 Å². The molecule has 1 aromatic carbocycles. The second-order valence-electron chi connectivity index (χ2n) is 2.50. The smallest absolute Gasteiger partial charge is 0.181 e. The van der Waals surface area contributed by atoms with Gasteiger partial charge in [-0.25, -0.2) is 13.8 Å². The number of halogens is 2. The van der Waals surface area contributed by atoms with Gasteiger partial charge in [-0.05, 0) is 12.1 Å². The van der Waals surface area contributed by atoms with Crippen LogP contribution in [0.15, 0.2) is 35.3 Å². The Balaban J connectivity index is 2.53. The number of aromatic nitrogens is 1. The maximum atomic E-state index is 13.1. The predicted molar refractivity (Wildman–Crippen MR) is 41.9 cm³/mol. The summed E-state index contributed by atoms with van der Waals surface area (Å²) in [5, 5.41) is 0. The third-order valence-corrected chi connectivity index (χ3v) is 1.64. The van der Waals surface area contributed by atoms with E-state index in [-0.39, 0.29) is 5.56 Å². The van der Waals surface area contributed by atoms with Crippen LogP contribution < -0.4 is 0 Å². The second-order valence-corrected chi connectivity index (χ2v) is 2.50. The molecule has 0 atom stereocenters. The van der Waals surface area contributed by atoms with Crippen LogP contribution in [-0.2, 0) is 0 Å². The van der Waals surface area contributed by atoms with Crippen molar-refractivity contribution in [3.63, 3.8) is 0 Å². The minimum absolute atomic E-state index is 0.232. The van der Waals surface area contributed by atoms with E-state index >= 15 is 0 Å². The number of hydrogen-bond acceptors (Lipinski definition) is 2. The number of rotatable bonds is 1. The van der Waals surface area contributed by atoms with Gasteiger partial charge in [0, 0.05) is 11.6 Å². The molecule has 0 bridgehead atoms. The van der Waals surface area contributed by atoms with E-state index in [1.165, 1.54) is 24.8 Å². The molecule has 4 heteroatoms. The first kappa shape index (κ1) is 7.91. The molecular weight excluding hydrogens is 176 g/mol. The molecule has 2 nitrogen and oxygen atoms in total. The van der Waals surface area contributed by atoms with E-state index < -0.39 is 11.6 Å². The van der Waals surface area contributed by atoms with Crippen LogP contribution in [0.25, 0.3) is 11.3 Å². The molecule has 0 saturated carbocycles. The fourth-order valence-electron chi connectivity index (χ4n) is 1.04. The molecule has 1 heterocycles. The molecule has 0 aliphatic rings. The van der Waals surface area contributed by atoms with Crippen LogP contribution in [0.5, 0.6) is 0 Å². The molecule has 0 N–H and O–H groups in total. The third-order valence-electron chi connectivity index (χ3n) is 1.64. The van der Waals surface area contributed by atoms with Crippen LogP contribution in [0.2, 0.25) is 0 Å². The first-order chi connectivity index (χ1) is 6.27. The summed E-state index contributed by atoms with van der Waals surface area (Å²) >= 11 is 0. The third kappa shape index (κ3) is 1.42. The Hall–Kier alpha value is -1.71. The molecule has 0 aliphatic heterocycles. The molecule has 0 unspecified atom stereocenters. The van der Waals surface area contributed by atoms with Gasteiger partial charge in [-0.1, -0.05) is 0 Å². The Morgan fingerprint density at radius 3 is 2.69 bits per heavy atom. The highest BCUT2D eigenvalue weighted by atomic mass is 19.1. The summed E-state index contributed by atoms with van der Waals surface area (Å²) in [6.45, 7) is 0. The van der Waals surface area contributed by atoms with Crippen LogP contribution in [0.4, 0.5) is 8.78 Å². The summed E-state index contributed by atoms with van der Waals surface area (Å²) in [6.07, 6.45) is 2.49. The number of benzene rings is 1. The van der Waals surface area contributed by atoms with E-state index in [2.05, 4.69) is 9.40 Å². The zero-order valence-electron chi connectivity index (χ0n) is 6.50. The number of hydrogen-bond donors (Lipinski definition) is 0. The Bertz CT molecular complexity index is 412. The largest absolute Gasteiger partial charge is 0.451 e. The van der Waals surface area contributed by atoms with Crippen molar-refractivity contribution in [2.45, 2.75) is 0 Å². The van der Waals surface area contributed by atoms with Crippen molar-refractivity contribution in [3.8, 4) is 11.3 Å². The Labute approximate surface area is 72.8 Å². The van der Waals surface area contributed by atoms with Crippen LogP contribution in [-0.4, -0.2) is 4.98 Å². The molecular formula is C9H5F2NO. The van der Waals surface area contributed by atoms with Gasteiger partial charge in [-0.15, -0.1) is 0 Å². The van der Waals surface area contributed by atoms with Gasteiger partial charge in [0.05, 0.1) is 0 Å². The molecule has 0 aliphatic carbocycles. The van der Waals surface area contributed by atoms with E-state index in [4.69, 9.17) is 0 Å². The Morgan fingerprint density at radius 2 is 2.08 bits per heavy atom. The lowest BCUT2D eigenvalue weighted by atomic mass is 10.1. The highest BCUT2D eigenvalue weighted by Gasteiger charge is 2.07. The Kier molecular flexibility index (Phi) is 1.81. The van der Waals surface area contributed by atoms with E-state index in [0.717, 1.165) is 6.07 Å². The monoisotopic (exact) mass is 181 g/mol. The van der Waals surface area contributed by atoms with Gasteiger partial charge >= 0.3 is 0 Å². The normalized spacial score (nSPS) is 10.3. The standard InChI is InChI=1S/C9H5F2NO/c10-6-1-2-7(8(11)3-6)9-4-13-5-12-9/h1-5H. The SMILES string of the molecule is Fc1ccc(-c2cocn2)c(F)c1. The molecule has 0 amide bonds. The van der Waals surface area contributed by atoms with Gasteiger partial charge in [0.25, 0.3) is 0 Å². The highest BCUT2D eigenvalue weighted by Crippen LogP contribution is 2.21. The first-order valence-corrected chi connectivity index (χ1v) is 3.61. The maximum Gasteiger partial charge on any atom is 0.181 e. The van der Waals surface area contributed by atoms with Gasteiger partial charge in [0.1, 0.15) is 23.6 Å². The average Bonchev–Trinajstić information content (AvgIpc) is 2.56. The van der Waals surface area contributed by atoms with E-state index in [1.807, 2.05) is 0 Å². The summed E-state index contributed by atoms with van der Waals surface area (Å²) in [7, 11) is 0. The highest BCUT2D eigenvalue weighted by molar-refractivity contribution is 5.58. The van der Waals surface area contributed by atoms with Gasteiger partial charge in [-0.2, -0.15) is 0 Å². The summed E-state index contributed by atoms with van der Waals surface area (Å²) in [5.41, 5.74) is 0.590. The minimum atomic E-state index is -0.645. The maximum absolute atomic E-state index is 13.1. The number of oxazole rings is 1. The summed E-state index contributed by atoms with van der Waals surface area (Å²) < 4.78 is 30.3. The zero-order chi connectivity index (χ0) is 9.26. The van der Waals surface area contributed by atoms with Crippen LogP contribution >= 0.6 is 0 Å².